The van der Waals surface area contributed by atoms with Crippen LogP contribution in [0.2, 0.25) is 0 Å². The second kappa shape index (κ2) is 5.84. The number of hydrogen-bond acceptors (Lipinski definition) is 3. The molecule has 110 valence electrons. The lowest BCUT2D eigenvalue weighted by Gasteiger charge is -2.28. The zero-order valence-electron chi connectivity index (χ0n) is 12.9. The van der Waals surface area contributed by atoms with Gasteiger partial charge in [-0.3, -0.25) is 0 Å². The highest BCUT2D eigenvalue weighted by Crippen LogP contribution is 2.45. The lowest BCUT2D eigenvalue weighted by molar-refractivity contribution is 0.497. The van der Waals surface area contributed by atoms with Crippen LogP contribution in [-0.4, -0.2) is 17.0 Å². The number of aryl methyl sites for hydroxylation is 1. The van der Waals surface area contributed by atoms with Crippen molar-refractivity contribution in [2.45, 2.75) is 44.4 Å². The molecule has 3 nitrogen and oxygen atoms in total. The van der Waals surface area contributed by atoms with Crippen LogP contribution in [0.25, 0.3) is 0 Å². The van der Waals surface area contributed by atoms with Crippen molar-refractivity contribution in [2.75, 3.05) is 12.4 Å². The third-order valence-electron chi connectivity index (χ3n) is 4.61. The Hall–Kier alpha value is -1.90. The number of aromatic nitrogens is 2. The highest BCUT2D eigenvalue weighted by atomic mass is 15.0. The van der Waals surface area contributed by atoms with Gasteiger partial charge in [0.1, 0.15) is 11.6 Å². The fraction of sp³-hybridized carbons (Fsp3) is 0.444. The van der Waals surface area contributed by atoms with Gasteiger partial charge in [0.2, 0.25) is 0 Å². The molecule has 21 heavy (non-hydrogen) atoms. The maximum Gasteiger partial charge on any atom is 0.141 e. The first kappa shape index (κ1) is 14.1. The van der Waals surface area contributed by atoms with E-state index < -0.39 is 0 Å². The lowest BCUT2D eigenvalue weighted by Crippen LogP contribution is -2.27. The Morgan fingerprint density at radius 1 is 1.10 bits per heavy atom. The predicted octanol–water partition coefficient (Wildman–Crippen LogP) is 3.94. The van der Waals surface area contributed by atoms with E-state index in [2.05, 4.69) is 48.6 Å². The fourth-order valence-electron chi connectivity index (χ4n) is 3.40. The van der Waals surface area contributed by atoms with Gasteiger partial charge in [0.15, 0.2) is 0 Å². The average molecular weight is 281 g/mol. The number of hydrogen-bond donors (Lipinski definition) is 1. The van der Waals surface area contributed by atoms with Crippen LogP contribution in [0, 0.1) is 0 Å². The molecular formula is C18H23N3. The van der Waals surface area contributed by atoms with Gasteiger partial charge in [0, 0.05) is 18.8 Å². The smallest absolute Gasteiger partial charge is 0.141 e. The summed E-state index contributed by atoms with van der Waals surface area (Å²) in [5, 5.41) is 3.18. The minimum absolute atomic E-state index is 0.00194. The number of nitrogens with one attached hydrogen (secondary N) is 1. The van der Waals surface area contributed by atoms with Gasteiger partial charge in [-0.1, -0.05) is 50.1 Å². The first-order valence-electron chi connectivity index (χ1n) is 7.90. The molecule has 1 N–H and O–H groups in total. The fourth-order valence-corrected chi connectivity index (χ4v) is 3.40. The second-order valence-corrected chi connectivity index (χ2v) is 5.83. The SMILES string of the molecule is CCc1cc(NC)nc(C2(c3ccccc3)CCCC2)n1. The molecule has 0 atom stereocenters. The molecule has 1 aliphatic rings. The van der Waals surface area contributed by atoms with Crippen molar-refractivity contribution in [2.24, 2.45) is 0 Å². The van der Waals surface area contributed by atoms with E-state index >= 15 is 0 Å². The monoisotopic (exact) mass is 281 g/mol. The summed E-state index contributed by atoms with van der Waals surface area (Å²) >= 11 is 0. The van der Waals surface area contributed by atoms with Gasteiger partial charge in [-0.15, -0.1) is 0 Å². The van der Waals surface area contributed by atoms with Gasteiger partial charge < -0.3 is 5.32 Å². The molecule has 1 heterocycles. The molecule has 0 spiro atoms. The molecule has 1 saturated carbocycles. The Bertz CT molecular complexity index is 579. The van der Waals surface area contributed by atoms with Gasteiger partial charge >= 0.3 is 0 Å². The first-order chi connectivity index (χ1) is 10.3. The van der Waals surface area contributed by atoms with Gasteiger partial charge in [-0.05, 0) is 24.8 Å². The van der Waals surface area contributed by atoms with Crippen LogP contribution in [-0.2, 0) is 11.8 Å². The molecule has 3 heteroatoms. The molecule has 1 aromatic heterocycles. The summed E-state index contributed by atoms with van der Waals surface area (Å²) in [6, 6.07) is 12.8. The number of anilines is 1. The first-order valence-corrected chi connectivity index (χ1v) is 7.90. The normalized spacial score (nSPS) is 16.9. The van der Waals surface area contributed by atoms with Crippen LogP contribution in [0.3, 0.4) is 0 Å². The Balaban J connectivity index is 2.14. The van der Waals surface area contributed by atoms with Gasteiger partial charge in [0.05, 0.1) is 5.41 Å². The molecule has 0 radical (unpaired) electrons. The molecule has 0 bridgehead atoms. The van der Waals surface area contributed by atoms with Crippen LogP contribution in [0.15, 0.2) is 36.4 Å². The molecule has 0 unspecified atom stereocenters. The maximum absolute atomic E-state index is 4.88. The van der Waals surface area contributed by atoms with Crippen molar-refractivity contribution in [1.29, 1.82) is 0 Å². The largest absolute Gasteiger partial charge is 0.373 e. The summed E-state index contributed by atoms with van der Waals surface area (Å²) < 4.78 is 0. The molecule has 0 saturated heterocycles. The number of benzene rings is 1. The minimum atomic E-state index is -0.00194. The molecule has 1 fully saturated rings. The van der Waals surface area contributed by atoms with E-state index in [4.69, 9.17) is 9.97 Å². The molecular weight excluding hydrogens is 258 g/mol. The zero-order valence-corrected chi connectivity index (χ0v) is 12.9. The van der Waals surface area contributed by atoms with Gasteiger partial charge in [-0.25, -0.2) is 9.97 Å². The third-order valence-corrected chi connectivity index (χ3v) is 4.61. The van der Waals surface area contributed by atoms with Crippen LogP contribution in [0.4, 0.5) is 5.82 Å². The van der Waals surface area contributed by atoms with Crippen molar-refractivity contribution >= 4 is 5.82 Å². The van der Waals surface area contributed by atoms with E-state index in [1.165, 1.54) is 18.4 Å². The summed E-state index contributed by atoms with van der Waals surface area (Å²) in [5.74, 6) is 1.92. The standard InChI is InChI=1S/C18H23N3/c1-3-15-13-16(19-2)21-17(20-15)18(11-7-8-12-18)14-9-5-4-6-10-14/h4-6,9-10,13H,3,7-8,11-12H2,1-2H3,(H,19,20,21). The maximum atomic E-state index is 4.88. The quantitative estimate of drug-likeness (QED) is 0.922. The number of nitrogens with zero attached hydrogens (tertiary/aromatic N) is 2. The Morgan fingerprint density at radius 2 is 1.81 bits per heavy atom. The summed E-state index contributed by atoms with van der Waals surface area (Å²) in [6.45, 7) is 2.15. The second-order valence-electron chi connectivity index (χ2n) is 5.83. The molecule has 1 aromatic carbocycles. The predicted molar refractivity (Wildman–Crippen MR) is 86.6 cm³/mol. The van der Waals surface area contributed by atoms with Crippen LogP contribution < -0.4 is 5.32 Å². The van der Waals surface area contributed by atoms with E-state index in [9.17, 15) is 0 Å². The Morgan fingerprint density at radius 3 is 2.43 bits per heavy atom. The van der Waals surface area contributed by atoms with E-state index in [-0.39, 0.29) is 5.41 Å². The van der Waals surface area contributed by atoms with Crippen molar-refractivity contribution in [3.63, 3.8) is 0 Å². The van der Waals surface area contributed by atoms with E-state index in [1.54, 1.807) is 0 Å². The summed E-state index contributed by atoms with van der Waals surface area (Å²) in [4.78, 5) is 9.69. The van der Waals surface area contributed by atoms with Gasteiger partial charge in [0.25, 0.3) is 0 Å². The molecule has 2 aromatic rings. The van der Waals surface area contributed by atoms with Crippen molar-refractivity contribution in [1.82, 2.24) is 9.97 Å². The van der Waals surface area contributed by atoms with Crippen molar-refractivity contribution in [3.8, 4) is 0 Å². The molecule has 0 amide bonds. The molecule has 0 aliphatic heterocycles. The van der Waals surface area contributed by atoms with Crippen LogP contribution in [0.1, 0.15) is 49.7 Å². The highest BCUT2D eigenvalue weighted by Gasteiger charge is 2.40. The van der Waals surface area contributed by atoms with E-state index in [0.717, 1.165) is 36.6 Å². The zero-order chi connectivity index (χ0) is 14.7. The average Bonchev–Trinajstić information content (AvgIpc) is 3.06. The van der Waals surface area contributed by atoms with E-state index in [0.29, 0.717) is 0 Å². The van der Waals surface area contributed by atoms with Gasteiger partial charge in [-0.2, -0.15) is 0 Å². The molecule has 1 aliphatic carbocycles. The topological polar surface area (TPSA) is 37.8 Å². The summed E-state index contributed by atoms with van der Waals surface area (Å²) in [5.41, 5.74) is 2.47. The lowest BCUT2D eigenvalue weighted by atomic mass is 9.78. The number of rotatable bonds is 4. The molecule has 3 rings (SSSR count). The summed E-state index contributed by atoms with van der Waals surface area (Å²) in [7, 11) is 1.93. The van der Waals surface area contributed by atoms with Crippen molar-refractivity contribution in [3.05, 3.63) is 53.5 Å². The van der Waals surface area contributed by atoms with E-state index in [1.807, 2.05) is 7.05 Å². The highest BCUT2D eigenvalue weighted by molar-refractivity contribution is 5.41. The summed E-state index contributed by atoms with van der Waals surface area (Å²) in [6.07, 6.45) is 5.74. The Kier molecular flexibility index (Phi) is 3.91. The van der Waals surface area contributed by atoms with Crippen molar-refractivity contribution < 1.29 is 0 Å². The minimum Gasteiger partial charge on any atom is -0.373 e. The third kappa shape index (κ3) is 2.53. The van der Waals surface area contributed by atoms with Crippen LogP contribution >= 0.6 is 0 Å². The Labute approximate surface area is 126 Å². The van der Waals surface area contributed by atoms with Crippen LogP contribution in [0.5, 0.6) is 0 Å².